The molecule has 0 aromatic rings. The van der Waals surface area contributed by atoms with Gasteiger partial charge in [-0.3, -0.25) is 4.79 Å². The van der Waals surface area contributed by atoms with Gasteiger partial charge in [0.15, 0.2) is 0 Å². The zero-order valence-electron chi connectivity index (χ0n) is 15.2. The maximum atomic E-state index is 13.0. The predicted octanol–water partition coefficient (Wildman–Crippen LogP) is 3.29. The number of ether oxygens (including phenoxy) is 1. The van der Waals surface area contributed by atoms with Crippen LogP contribution in [0.3, 0.4) is 0 Å². The quantitative estimate of drug-likeness (QED) is 0.686. The van der Waals surface area contributed by atoms with Gasteiger partial charge in [-0.2, -0.15) is 0 Å². The number of nitrogens with one attached hydrogen (secondary N) is 2. The molecule has 0 unspecified atom stereocenters. The van der Waals surface area contributed by atoms with Crippen LogP contribution in [0.1, 0.15) is 64.7 Å². The monoisotopic (exact) mass is 358 g/mol. The van der Waals surface area contributed by atoms with E-state index in [0.717, 1.165) is 45.7 Å². The van der Waals surface area contributed by atoms with Gasteiger partial charge in [-0.1, -0.05) is 25.7 Å². The molecule has 1 amide bonds. The number of rotatable bonds is 7. The molecule has 24 heavy (non-hydrogen) atoms. The van der Waals surface area contributed by atoms with Gasteiger partial charge in [0.05, 0.1) is 5.41 Å². The molecule has 3 rings (SSSR count). The highest BCUT2D eigenvalue weighted by Crippen LogP contribution is 2.45. The van der Waals surface area contributed by atoms with E-state index in [2.05, 4.69) is 17.6 Å². The summed E-state index contributed by atoms with van der Waals surface area (Å²) < 4.78 is 5.59. The summed E-state index contributed by atoms with van der Waals surface area (Å²) in [5, 5.41) is 6.87. The van der Waals surface area contributed by atoms with Gasteiger partial charge in [-0.25, -0.2) is 0 Å². The highest BCUT2D eigenvalue weighted by molar-refractivity contribution is 5.85. The molecular weight excluding hydrogens is 324 g/mol. The van der Waals surface area contributed by atoms with E-state index in [4.69, 9.17) is 4.74 Å². The summed E-state index contributed by atoms with van der Waals surface area (Å²) >= 11 is 0. The first-order chi connectivity index (χ1) is 11.2. The average molecular weight is 359 g/mol. The van der Waals surface area contributed by atoms with Crippen molar-refractivity contribution in [3.63, 3.8) is 0 Å². The predicted molar refractivity (Wildman–Crippen MR) is 99.5 cm³/mol. The molecule has 0 bridgehead atoms. The fourth-order valence-corrected chi connectivity index (χ4v) is 5.21. The van der Waals surface area contributed by atoms with Crippen molar-refractivity contribution in [1.29, 1.82) is 0 Å². The molecule has 3 aliphatic rings. The van der Waals surface area contributed by atoms with Crippen LogP contribution in [-0.2, 0) is 9.53 Å². The van der Waals surface area contributed by atoms with E-state index in [1.807, 2.05) is 0 Å². The van der Waals surface area contributed by atoms with E-state index in [1.54, 1.807) is 0 Å². The Hall–Kier alpha value is -0.320. The zero-order valence-corrected chi connectivity index (χ0v) is 16.0. The van der Waals surface area contributed by atoms with E-state index >= 15 is 0 Å². The number of carbonyl (C=O) groups is 1. The first-order valence-electron chi connectivity index (χ1n) is 9.78. The molecule has 2 saturated carbocycles. The van der Waals surface area contributed by atoms with Gasteiger partial charge < -0.3 is 15.4 Å². The summed E-state index contributed by atoms with van der Waals surface area (Å²) in [6.45, 7) is 6.45. The molecule has 3 fully saturated rings. The minimum atomic E-state index is -0.113. The van der Waals surface area contributed by atoms with Crippen LogP contribution >= 0.6 is 12.4 Å². The SMILES string of the molecule is CCOCCC1(CNC(=O)[C@@]23CCCC[C@H]2CNC3)CCCC1.Cl. The minimum absolute atomic E-state index is 0. The Morgan fingerprint density at radius 1 is 1.21 bits per heavy atom. The van der Waals surface area contributed by atoms with Gasteiger partial charge in [0, 0.05) is 26.3 Å². The molecule has 1 heterocycles. The summed E-state index contributed by atoms with van der Waals surface area (Å²) in [4.78, 5) is 13.0. The van der Waals surface area contributed by atoms with Crippen LogP contribution in [0.25, 0.3) is 0 Å². The number of fused-ring (bicyclic) bond motifs is 1. The van der Waals surface area contributed by atoms with Crippen LogP contribution in [0.2, 0.25) is 0 Å². The van der Waals surface area contributed by atoms with Crippen LogP contribution in [0.4, 0.5) is 0 Å². The molecule has 1 aliphatic heterocycles. The summed E-state index contributed by atoms with van der Waals surface area (Å²) in [6.07, 6.45) is 11.0. The van der Waals surface area contributed by atoms with Gasteiger partial charge in [-0.15, -0.1) is 12.4 Å². The third-order valence-electron chi connectivity index (χ3n) is 6.76. The Kier molecular flexibility index (Phi) is 7.39. The lowest BCUT2D eigenvalue weighted by Crippen LogP contribution is -2.50. The van der Waals surface area contributed by atoms with Gasteiger partial charge in [0.25, 0.3) is 0 Å². The van der Waals surface area contributed by atoms with E-state index < -0.39 is 0 Å². The summed E-state index contributed by atoms with van der Waals surface area (Å²) in [5.74, 6) is 0.883. The number of amides is 1. The minimum Gasteiger partial charge on any atom is -0.382 e. The van der Waals surface area contributed by atoms with Crippen LogP contribution < -0.4 is 10.6 Å². The summed E-state index contributed by atoms with van der Waals surface area (Å²) in [6, 6.07) is 0. The number of hydrogen-bond acceptors (Lipinski definition) is 3. The Balaban J connectivity index is 0.00000208. The van der Waals surface area contributed by atoms with Crippen molar-refractivity contribution in [3.8, 4) is 0 Å². The third kappa shape index (κ3) is 4.08. The second-order valence-corrected chi connectivity index (χ2v) is 8.07. The Morgan fingerprint density at radius 3 is 2.71 bits per heavy atom. The largest absolute Gasteiger partial charge is 0.382 e. The Morgan fingerprint density at radius 2 is 1.96 bits per heavy atom. The molecule has 2 N–H and O–H groups in total. The fraction of sp³-hybridized carbons (Fsp3) is 0.947. The average Bonchev–Trinajstić information content (AvgIpc) is 3.21. The van der Waals surface area contributed by atoms with Gasteiger partial charge >= 0.3 is 0 Å². The van der Waals surface area contributed by atoms with Crippen LogP contribution in [-0.4, -0.2) is 38.8 Å². The maximum Gasteiger partial charge on any atom is 0.227 e. The smallest absolute Gasteiger partial charge is 0.227 e. The molecule has 1 saturated heterocycles. The lowest BCUT2D eigenvalue weighted by molar-refractivity contribution is -0.134. The molecule has 0 aromatic heterocycles. The number of hydrogen-bond donors (Lipinski definition) is 2. The second-order valence-electron chi connectivity index (χ2n) is 8.07. The molecule has 5 heteroatoms. The Bertz CT molecular complexity index is 412. The normalized spacial score (nSPS) is 31.3. The van der Waals surface area contributed by atoms with E-state index in [0.29, 0.717) is 11.8 Å². The fourth-order valence-electron chi connectivity index (χ4n) is 5.21. The lowest BCUT2D eigenvalue weighted by atomic mass is 9.67. The van der Waals surface area contributed by atoms with E-state index in [-0.39, 0.29) is 23.2 Å². The topological polar surface area (TPSA) is 50.4 Å². The summed E-state index contributed by atoms with van der Waals surface area (Å²) in [7, 11) is 0. The van der Waals surface area contributed by atoms with E-state index in [9.17, 15) is 4.79 Å². The van der Waals surface area contributed by atoms with Crippen molar-refractivity contribution in [2.75, 3.05) is 32.8 Å². The standard InChI is InChI=1S/C19H34N2O2.ClH/c1-2-23-12-11-18(8-5-6-9-18)14-21-17(22)19-10-4-3-7-16(19)13-20-15-19;/h16,20H,2-15H2,1H3,(H,21,22);1H/t16-,19+;/m0./s1. The van der Waals surface area contributed by atoms with Crippen molar-refractivity contribution in [2.24, 2.45) is 16.7 Å². The van der Waals surface area contributed by atoms with Crippen molar-refractivity contribution < 1.29 is 9.53 Å². The van der Waals surface area contributed by atoms with Crippen molar-refractivity contribution >= 4 is 18.3 Å². The van der Waals surface area contributed by atoms with Crippen LogP contribution in [0.5, 0.6) is 0 Å². The van der Waals surface area contributed by atoms with E-state index in [1.165, 1.54) is 44.9 Å². The maximum absolute atomic E-state index is 13.0. The molecule has 2 atom stereocenters. The van der Waals surface area contributed by atoms with Gasteiger partial charge in [0.1, 0.15) is 0 Å². The van der Waals surface area contributed by atoms with Crippen LogP contribution in [0, 0.1) is 16.7 Å². The van der Waals surface area contributed by atoms with Gasteiger partial charge in [0.2, 0.25) is 5.91 Å². The lowest BCUT2D eigenvalue weighted by Gasteiger charge is -2.38. The first-order valence-corrected chi connectivity index (χ1v) is 9.78. The molecular formula is C19H35ClN2O2. The van der Waals surface area contributed by atoms with Gasteiger partial charge in [-0.05, 0) is 56.9 Å². The molecule has 140 valence electrons. The Labute approximate surface area is 153 Å². The second kappa shape index (κ2) is 8.86. The van der Waals surface area contributed by atoms with Crippen molar-refractivity contribution in [2.45, 2.75) is 64.7 Å². The number of carbonyl (C=O) groups excluding carboxylic acids is 1. The third-order valence-corrected chi connectivity index (χ3v) is 6.76. The highest BCUT2D eigenvalue weighted by atomic mass is 35.5. The molecule has 4 nitrogen and oxygen atoms in total. The summed E-state index contributed by atoms with van der Waals surface area (Å²) in [5.41, 5.74) is 0.176. The molecule has 0 aromatic carbocycles. The molecule has 0 radical (unpaired) electrons. The highest BCUT2D eigenvalue weighted by Gasteiger charge is 2.50. The van der Waals surface area contributed by atoms with Crippen LogP contribution in [0.15, 0.2) is 0 Å². The number of halogens is 1. The first kappa shape index (κ1) is 20.0. The van der Waals surface area contributed by atoms with Crippen molar-refractivity contribution in [3.05, 3.63) is 0 Å². The van der Waals surface area contributed by atoms with Crippen molar-refractivity contribution in [1.82, 2.24) is 10.6 Å². The zero-order chi connectivity index (χ0) is 16.2. The molecule has 0 spiro atoms. The molecule has 2 aliphatic carbocycles.